The highest BCUT2D eigenvalue weighted by molar-refractivity contribution is 6.62. The van der Waals surface area contributed by atoms with E-state index >= 15 is 0 Å². The topological polar surface area (TPSA) is 49.7 Å². The zero-order chi connectivity index (χ0) is 14.7. The Morgan fingerprint density at radius 1 is 0.762 bits per heavy atom. The van der Waals surface area contributed by atoms with Crippen molar-refractivity contribution in [2.24, 2.45) is 0 Å². The molecular formula is C17H15BO3. The van der Waals surface area contributed by atoms with E-state index in [4.69, 9.17) is 4.74 Å². The van der Waals surface area contributed by atoms with Crippen molar-refractivity contribution in [2.45, 2.75) is 6.61 Å². The third-order valence-electron chi connectivity index (χ3n) is 3.43. The molecule has 3 nitrogen and oxygen atoms in total. The number of rotatable bonds is 4. The summed E-state index contributed by atoms with van der Waals surface area (Å²) >= 11 is 0. The predicted octanol–water partition coefficient (Wildman–Crippen LogP) is 2.10. The van der Waals surface area contributed by atoms with Gasteiger partial charge in [0, 0.05) is 5.39 Å². The molecule has 0 unspecified atom stereocenters. The van der Waals surface area contributed by atoms with Gasteiger partial charge in [0.15, 0.2) is 0 Å². The van der Waals surface area contributed by atoms with Crippen molar-refractivity contribution in [3.05, 3.63) is 72.3 Å². The molecule has 0 bridgehead atoms. The summed E-state index contributed by atoms with van der Waals surface area (Å²) in [6, 6.07) is 21.0. The fraction of sp³-hybridized carbons (Fsp3) is 0.0588. The first-order valence-corrected chi connectivity index (χ1v) is 6.80. The number of ether oxygens (including phenoxy) is 1. The van der Waals surface area contributed by atoms with Gasteiger partial charge in [0.2, 0.25) is 0 Å². The Morgan fingerprint density at radius 2 is 1.48 bits per heavy atom. The second-order valence-electron chi connectivity index (χ2n) is 4.85. The summed E-state index contributed by atoms with van der Waals surface area (Å²) < 4.78 is 5.88. The van der Waals surface area contributed by atoms with Gasteiger partial charge in [0.05, 0.1) is 0 Å². The molecule has 2 N–H and O–H groups in total. The lowest BCUT2D eigenvalue weighted by Crippen LogP contribution is -2.30. The van der Waals surface area contributed by atoms with E-state index in [0.717, 1.165) is 22.1 Å². The van der Waals surface area contributed by atoms with E-state index in [1.54, 1.807) is 12.1 Å². The summed E-state index contributed by atoms with van der Waals surface area (Å²) in [7, 11) is -1.49. The summed E-state index contributed by atoms with van der Waals surface area (Å²) in [6.07, 6.45) is 0. The van der Waals surface area contributed by atoms with Crippen LogP contribution in [0.3, 0.4) is 0 Å². The number of hydrogen-bond acceptors (Lipinski definition) is 3. The molecule has 21 heavy (non-hydrogen) atoms. The van der Waals surface area contributed by atoms with Crippen molar-refractivity contribution >= 4 is 23.4 Å². The lowest BCUT2D eigenvalue weighted by Gasteiger charge is -2.11. The van der Waals surface area contributed by atoms with Gasteiger partial charge in [0.25, 0.3) is 0 Å². The van der Waals surface area contributed by atoms with E-state index in [-0.39, 0.29) is 0 Å². The Bertz CT molecular complexity index is 741. The van der Waals surface area contributed by atoms with Crippen molar-refractivity contribution < 1.29 is 14.8 Å². The van der Waals surface area contributed by atoms with Gasteiger partial charge in [-0.15, -0.1) is 0 Å². The third kappa shape index (κ3) is 2.91. The van der Waals surface area contributed by atoms with Crippen molar-refractivity contribution in [1.29, 1.82) is 0 Å². The largest absolute Gasteiger partial charge is 0.489 e. The maximum Gasteiger partial charge on any atom is 0.489 e. The van der Waals surface area contributed by atoms with Crippen LogP contribution in [-0.2, 0) is 6.61 Å². The number of fused-ring (bicyclic) bond motifs is 1. The Hall–Kier alpha value is -2.30. The molecule has 0 spiro atoms. The fourth-order valence-electron chi connectivity index (χ4n) is 2.39. The van der Waals surface area contributed by atoms with Gasteiger partial charge >= 0.3 is 7.12 Å². The SMILES string of the molecule is OB(O)c1cccc2c(OCc3ccccc3)cccc12. The molecule has 0 amide bonds. The molecule has 0 radical (unpaired) electrons. The van der Waals surface area contributed by atoms with Crippen LogP contribution < -0.4 is 10.2 Å². The summed E-state index contributed by atoms with van der Waals surface area (Å²) in [5.74, 6) is 0.735. The van der Waals surface area contributed by atoms with Gasteiger partial charge in [-0.2, -0.15) is 0 Å². The molecule has 104 valence electrons. The average Bonchev–Trinajstić information content (AvgIpc) is 2.53. The standard InChI is InChI=1S/C17H15BO3/c19-18(20)16-10-4-9-15-14(16)8-5-11-17(15)21-12-13-6-2-1-3-7-13/h1-11,19-20H,12H2. The molecule has 0 fully saturated rings. The zero-order valence-corrected chi connectivity index (χ0v) is 11.4. The van der Waals surface area contributed by atoms with Crippen LogP contribution in [0.4, 0.5) is 0 Å². The molecule has 0 aliphatic heterocycles. The normalized spacial score (nSPS) is 10.6. The summed E-state index contributed by atoms with van der Waals surface area (Å²) in [6.45, 7) is 0.478. The van der Waals surface area contributed by atoms with Crippen LogP contribution in [-0.4, -0.2) is 17.2 Å². The molecule has 0 aromatic heterocycles. The molecule has 3 aromatic rings. The number of hydrogen-bond donors (Lipinski definition) is 2. The Kier molecular flexibility index (Phi) is 3.91. The van der Waals surface area contributed by atoms with Crippen LogP contribution in [0.2, 0.25) is 0 Å². The molecule has 0 heterocycles. The van der Waals surface area contributed by atoms with Crippen molar-refractivity contribution in [2.75, 3.05) is 0 Å². The fourth-order valence-corrected chi connectivity index (χ4v) is 2.39. The molecule has 0 aliphatic carbocycles. The van der Waals surface area contributed by atoms with Crippen LogP contribution in [0.25, 0.3) is 10.8 Å². The highest BCUT2D eigenvalue weighted by Crippen LogP contribution is 2.25. The maximum atomic E-state index is 9.44. The second kappa shape index (κ2) is 6.00. The average molecular weight is 278 g/mol. The van der Waals surface area contributed by atoms with Gasteiger partial charge < -0.3 is 14.8 Å². The minimum absolute atomic E-state index is 0.478. The summed E-state index contributed by atoms with van der Waals surface area (Å²) in [4.78, 5) is 0. The lowest BCUT2D eigenvalue weighted by atomic mass is 9.77. The van der Waals surface area contributed by atoms with Gasteiger partial charge in [-0.3, -0.25) is 0 Å². The molecule has 3 rings (SSSR count). The zero-order valence-electron chi connectivity index (χ0n) is 11.4. The second-order valence-corrected chi connectivity index (χ2v) is 4.85. The van der Waals surface area contributed by atoms with Crippen LogP contribution in [0, 0.1) is 0 Å². The monoisotopic (exact) mass is 278 g/mol. The highest BCUT2D eigenvalue weighted by Gasteiger charge is 2.15. The minimum Gasteiger partial charge on any atom is -0.488 e. The van der Waals surface area contributed by atoms with Gasteiger partial charge in [-0.05, 0) is 22.5 Å². The van der Waals surface area contributed by atoms with Crippen LogP contribution >= 0.6 is 0 Å². The summed E-state index contributed by atoms with van der Waals surface area (Å²) in [5.41, 5.74) is 1.57. The van der Waals surface area contributed by atoms with E-state index in [2.05, 4.69) is 0 Å². The van der Waals surface area contributed by atoms with E-state index < -0.39 is 7.12 Å². The van der Waals surface area contributed by atoms with Crippen molar-refractivity contribution in [3.8, 4) is 5.75 Å². The smallest absolute Gasteiger partial charge is 0.488 e. The Morgan fingerprint density at radius 3 is 2.24 bits per heavy atom. The van der Waals surface area contributed by atoms with Crippen LogP contribution in [0.1, 0.15) is 5.56 Å². The summed E-state index contributed by atoms with van der Waals surface area (Å²) in [5, 5.41) is 20.5. The van der Waals surface area contributed by atoms with Gasteiger partial charge in [0.1, 0.15) is 12.4 Å². The maximum absolute atomic E-state index is 9.44. The predicted molar refractivity (Wildman–Crippen MR) is 84.5 cm³/mol. The Labute approximate surface area is 123 Å². The lowest BCUT2D eigenvalue weighted by molar-refractivity contribution is 0.310. The molecule has 0 saturated carbocycles. The van der Waals surface area contributed by atoms with Crippen LogP contribution in [0.5, 0.6) is 5.75 Å². The third-order valence-corrected chi connectivity index (χ3v) is 3.43. The molecule has 0 saturated heterocycles. The van der Waals surface area contributed by atoms with E-state index in [1.165, 1.54) is 0 Å². The molecule has 0 atom stereocenters. The first-order chi connectivity index (χ1) is 10.3. The van der Waals surface area contributed by atoms with Crippen molar-refractivity contribution in [3.63, 3.8) is 0 Å². The van der Waals surface area contributed by atoms with Crippen LogP contribution in [0.15, 0.2) is 66.7 Å². The molecule has 4 heteroatoms. The molecule has 0 aliphatic rings. The highest BCUT2D eigenvalue weighted by atomic mass is 16.5. The molecular weight excluding hydrogens is 263 g/mol. The Balaban J connectivity index is 1.94. The first kappa shape index (κ1) is 13.7. The molecule has 3 aromatic carbocycles. The van der Waals surface area contributed by atoms with Gasteiger partial charge in [-0.25, -0.2) is 0 Å². The quantitative estimate of drug-likeness (QED) is 0.718. The van der Waals surface area contributed by atoms with E-state index in [9.17, 15) is 10.0 Å². The van der Waals surface area contributed by atoms with Crippen molar-refractivity contribution in [1.82, 2.24) is 0 Å². The first-order valence-electron chi connectivity index (χ1n) is 6.80. The number of benzene rings is 3. The van der Waals surface area contributed by atoms with E-state index in [0.29, 0.717) is 12.1 Å². The van der Waals surface area contributed by atoms with E-state index in [1.807, 2.05) is 54.6 Å². The van der Waals surface area contributed by atoms with Gasteiger partial charge in [-0.1, -0.05) is 60.7 Å². The minimum atomic E-state index is -1.49.